The summed E-state index contributed by atoms with van der Waals surface area (Å²) in [5, 5.41) is 6.38. The number of benzene rings is 3. The summed E-state index contributed by atoms with van der Waals surface area (Å²) in [6.07, 6.45) is 19.6. The fourth-order valence-electron chi connectivity index (χ4n) is 7.33. The van der Waals surface area contributed by atoms with E-state index in [4.69, 9.17) is 0 Å². The van der Waals surface area contributed by atoms with Crippen LogP contribution in [0.4, 0.5) is 0 Å². The second-order valence-corrected chi connectivity index (χ2v) is 11.8. The Balaban J connectivity index is 2.64. The maximum Gasteiger partial charge on any atom is -0.0140 e. The van der Waals surface area contributed by atoms with Crippen molar-refractivity contribution in [2.75, 3.05) is 0 Å². The molecule has 0 aliphatic carbocycles. The van der Waals surface area contributed by atoms with Gasteiger partial charge in [-0.3, -0.25) is 0 Å². The molecule has 3 aromatic carbocycles. The second-order valence-electron chi connectivity index (χ2n) is 11.8. The first-order valence-corrected chi connectivity index (χ1v) is 16.6. The topological polar surface area (TPSA) is 0 Å². The number of aryl methyl sites for hydroxylation is 4. The maximum atomic E-state index is 2.71. The lowest BCUT2D eigenvalue weighted by molar-refractivity contribution is 0.808. The van der Waals surface area contributed by atoms with Crippen molar-refractivity contribution in [2.45, 2.75) is 158 Å². The molecule has 0 unspecified atom stereocenters. The van der Waals surface area contributed by atoms with Gasteiger partial charge in [0.05, 0.1) is 0 Å². The molecule has 38 heavy (non-hydrogen) atoms. The molecule has 0 saturated heterocycles. The van der Waals surface area contributed by atoms with Gasteiger partial charge in [0.2, 0.25) is 0 Å². The highest BCUT2D eigenvalue weighted by atomic mass is 14.3. The molecular formula is C38H58. The van der Waals surface area contributed by atoms with Crippen LogP contribution in [-0.2, 0) is 51.4 Å². The monoisotopic (exact) mass is 514 g/mol. The molecule has 0 aliphatic heterocycles. The van der Waals surface area contributed by atoms with Crippen LogP contribution in [0.5, 0.6) is 0 Å². The van der Waals surface area contributed by atoms with Gasteiger partial charge in [-0.25, -0.2) is 0 Å². The highest BCUT2D eigenvalue weighted by Gasteiger charge is 2.22. The smallest absolute Gasteiger partial charge is 0.0140 e. The Morgan fingerprint density at radius 1 is 0.263 bits per heavy atom. The Hall–Kier alpha value is -1.82. The molecule has 0 aromatic heterocycles. The van der Waals surface area contributed by atoms with E-state index in [1.165, 1.54) is 103 Å². The molecule has 3 rings (SSSR count). The SMILES string of the molecule is CCCc1c(CCC)c(CCC)c2cc3c(CCC)c(CCC)c(CCC)c(CCC)c3cc2c1CCC. The molecule has 0 N–H and O–H groups in total. The summed E-state index contributed by atoms with van der Waals surface area (Å²) in [7, 11) is 0. The van der Waals surface area contributed by atoms with Crippen LogP contribution in [-0.4, -0.2) is 0 Å². The normalized spacial score (nSPS) is 11.8. The van der Waals surface area contributed by atoms with Crippen molar-refractivity contribution < 1.29 is 0 Å². The van der Waals surface area contributed by atoms with Gasteiger partial charge >= 0.3 is 0 Å². The van der Waals surface area contributed by atoms with Gasteiger partial charge in [0, 0.05) is 0 Å². The van der Waals surface area contributed by atoms with Crippen molar-refractivity contribution in [3.8, 4) is 0 Å². The highest BCUT2D eigenvalue weighted by Crippen LogP contribution is 2.41. The summed E-state index contributed by atoms with van der Waals surface area (Å²) in [4.78, 5) is 0. The Kier molecular flexibility index (Phi) is 12.2. The zero-order valence-electron chi connectivity index (χ0n) is 26.5. The zero-order valence-corrected chi connectivity index (χ0v) is 26.5. The van der Waals surface area contributed by atoms with E-state index in [2.05, 4.69) is 67.5 Å². The third kappa shape index (κ3) is 6.16. The van der Waals surface area contributed by atoms with Crippen LogP contribution in [0.1, 0.15) is 151 Å². The number of rotatable bonds is 16. The van der Waals surface area contributed by atoms with E-state index >= 15 is 0 Å². The largest absolute Gasteiger partial charge is 0.0651 e. The highest BCUT2D eigenvalue weighted by molar-refractivity contribution is 6.05. The standard InChI is InChI=1S/C38H58/c1-9-17-27-28(18-10-2)32(22-14-6)36-26-38-34(24-16-8)30(20-12-4)29(19-11-3)33(23-15-7)37(38)25-35(36)31(27)21-13-5/h25-26H,9-24H2,1-8H3. The number of hydrogen-bond acceptors (Lipinski definition) is 0. The van der Waals surface area contributed by atoms with Crippen molar-refractivity contribution in [1.82, 2.24) is 0 Å². The molecule has 0 amide bonds. The third-order valence-corrected chi connectivity index (χ3v) is 8.64. The van der Waals surface area contributed by atoms with Crippen molar-refractivity contribution in [1.29, 1.82) is 0 Å². The fraction of sp³-hybridized carbons (Fsp3) is 0.632. The zero-order chi connectivity index (χ0) is 27.7. The molecule has 3 aromatic rings. The Labute approximate surface area is 236 Å². The Morgan fingerprint density at radius 2 is 0.421 bits per heavy atom. The van der Waals surface area contributed by atoms with Crippen LogP contribution < -0.4 is 0 Å². The van der Waals surface area contributed by atoms with E-state index in [0.717, 1.165) is 0 Å². The van der Waals surface area contributed by atoms with E-state index in [0.29, 0.717) is 0 Å². The van der Waals surface area contributed by atoms with Gasteiger partial charge < -0.3 is 0 Å². The third-order valence-electron chi connectivity index (χ3n) is 8.64. The van der Waals surface area contributed by atoms with E-state index in [1.807, 2.05) is 0 Å². The average Bonchev–Trinajstić information content (AvgIpc) is 2.91. The molecule has 0 radical (unpaired) electrons. The summed E-state index contributed by atoms with van der Waals surface area (Å²) in [6.45, 7) is 19.0. The molecule has 0 saturated carbocycles. The molecule has 0 heterocycles. The van der Waals surface area contributed by atoms with Crippen molar-refractivity contribution in [3.63, 3.8) is 0 Å². The maximum absolute atomic E-state index is 2.71. The first-order valence-electron chi connectivity index (χ1n) is 16.6. The minimum atomic E-state index is 1.21. The lowest BCUT2D eigenvalue weighted by Gasteiger charge is -2.26. The summed E-state index contributed by atoms with van der Waals surface area (Å²) in [6, 6.07) is 5.42. The van der Waals surface area contributed by atoms with Gasteiger partial charge in [-0.05, 0) is 130 Å². The Bertz CT molecular complexity index is 1010. The Morgan fingerprint density at radius 3 is 0.579 bits per heavy atom. The van der Waals surface area contributed by atoms with E-state index in [1.54, 1.807) is 66.1 Å². The van der Waals surface area contributed by atoms with Crippen LogP contribution in [0, 0.1) is 0 Å². The predicted octanol–water partition coefficient (Wildman–Crippen LogP) is 11.6. The molecule has 0 fully saturated rings. The summed E-state index contributed by atoms with van der Waals surface area (Å²) < 4.78 is 0. The van der Waals surface area contributed by atoms with Crippen molar-refractivity contribution in [3.05, 3.63) is 56.6 Å². The van der Waals surface area contributed by atoms with E-state index < -0.39 is 0 Å². The molecule has 0 nitrogen and oxygen atoms in total. The molecule has 0 atom stereocenters. The van der Waals surface area contributed by atoms with Crippen molar-refractivity contribution in [2.24, 2.45) is 0 Å². The molecule has 0 aliphatic rings. The summed E-state index contributed by atoms with van der Waals surface area (Å²) in [5.74, 6) is 0. The van der Waals surface area contributed by atoms with Gasteiger partial charge in [-0.15, -0.1) is 0 Å². The van der Waals surface area contributed by atoms with Crippen molar-refractivity contribution >= 4 is 21.5 Å². The fourth-order valence-corrected chi connectivity index (χ4v) is 7.33. The van der Waals surface area contributed by atoms with Crippen LogP contribution in [0.2, 0.25) is 0 Å². The minimum Gasteiger partial charge on any atom is -0.0651 e. The molecule has 0 spiro atoms. The summed E-state index contributed by atoms with van der Waals surface area (Å²) >= 11 is 0. The van der Waals surface area contributed by atoms with Gasteiger partial charge in [0.1, 0.15) is 0 Å². The summed E-state index contributed by atoms with van der Waals surface area (Å²) in [5.41, 5.74) is 13.6. The van der Waals surface area contributed by atoms with E-state index in [-0.39, 0.29) is 0 Å². The van der Waals surface area contributed by atoms with Gasteiger partial charge in [-0.1, -0.05) is 107 Å². The molecular weight excluding hydrogens is 456 g/mol. The predicted molar refractivity (Wildman–Crippen MR) is 173 cm³/mol. The van der Waals surface area contributed by atoms with Gasteiger partial charge in [-0.2, -0.15) is 0 Å². The number of hydrogen-bond donors (Lipinski definition) is 0. The first kappa shape index (κ1) is 30.7. The van der Waals surface area contributed by atoms with Crippen LogP contribution >= 0.6 is 0 Å². The molecule has 0 heteroatoms. The molecule has 210 valence electrons. The second kappa shape index (κ2) is 15.1. The van der Waals surface area contributed by atoms with Crippen LogP contribution in [0.25, 0.3) is 21.5 Å². The van der Waals surface area contributed by atoms with Gasteiger partial charge in [0.25, 0.3) is 0 Å². The van der Waals surface area contributed by atoms with E-state index in [9.17, 15) is 0 Å². The van der Waals surface area contributed by atoms with Crippen LogP contribution in [0.3, 0.4) is 0 Å². The molecule has 0 bridgehead atoms. The van der Waals surface area contributed by atoms with Crippen LogP contribution in [0.15, 0.2) is 12.1 Å². The lowest BCUT2D eigenvalue weighted by atomic mass is 9.78. The average molecular weight is 515 g/mol. The first-order chi connectivity index (χ1) is 18.6. The minimum absolute atomic E-state index is 1.21. The van der Waals surface area contributed by atoms with Gasteiger partial charge in [0.15, 0.2) is 0 Å². The quantitative estimate of drug-likeness (QED) is 0.167. The number of fused-ring (bicyclic) bond motifs is 2. The lowest BCUT2D eigenvalue weighted by Crippen LogP contribution is -2.10.